The predicted molar refractivity (Wildman–Crippen MR) is 127 cm³/mol. The fraction of sp³-hybridized carbons (Fsp3) is 0.440. The number of nitrogens with zero attached hydrogens (tertiary/aromatic N) is 3. The Morgan fingerprint density at radius 2 is 1.88 bits per heavy atom. The maximum absolute atomic E-state index is 13.7. The van der Waals surface area contributed by atoms with Gasteiger partial charge in [0, 0.05) is 36.8 Å². The zero-order valence-corrected chi connectivity index (χ0v) is 19.4. The number of aryl methyl sites for hydroxylation is 1. The van der Waals surface area contributed by atoms with E-state index < -0.39 is 0 Å². The summed E-state index contributed by atoms with van der Waals surface area (Å²) in [5.74, 6) is 1.61. The van der Waals surface area contributed by atoms with Crippen molar-refractivity contribution in [2.75, 3.05) is 51.9 Å². The first-order valence-electron chi connectivity index (χ1n) is 11.5. The Balaban J connectivity index is 1.27. The Morgan fingerprint density at radius 3 is 2.62 bits per heavy atom. The monoisotopic (exact) mass is 468 g/mol. The van der Waals surface area contributed by atoms with Gasteiger partial charge in [0.2, 0.25) is 0 Å². The van der Waals surface area contributed by atoms with E-state index in [0.717, 1.165) is 42.6 Å². The van der Waals surface area contributed by atoms with Crippen LogP contribution in [-0.4, -0.2) is 73.6 Å². The Morgan fingerprint density at radius 1 is 1.09 bits per heavy atom. The van der Waals surface area contributed by atoms with Crippen LogP contribution in [0.2, 0.25) is 0 Å². The molecule has 2 saturated heterocycles. The van der Waals surface area contributed by atoms with Crippen molar-refractivity contribution in [3.8, 4) is 11.5 Å². The maximum Gasteiger partial charge on any atom is 0.162 e. The number of methoxy groups -OCH3 is 1. The van der Waals surface area contributed by atoms with Gasteiger partial charge in [-0.05, 0) is 43.2 Å². The molecule has 2 atom stereocenters. The van der Waals surface area contributed by atoms with Gasteiger partial charge in [-0.3, -0.25) is 4.90 Å². The van der Waals surface area contributed by atoms with Crippen molar-refractivity contribution in [2.45, 2.75) is 25.6 Å². The molecule has 0 saturated carbocycles. The van der Waals surface area contributed by atoms with Crippen molar-refractivity contribution in [3.63, 3.8) is 0 Å². The van der Waals surface area contributed by atoms with Gasteiger partial charge in [0.05, 0.1) is 44.7 Å². The summed E-state index contributed by atoms with van der Waals surface area (Å²) >= 11 is 0. The fourth-order valence-electron chi connectivity index (χ4n) is 4.49. The molecule has 2 aromatic carbocycles. The van der Waals surface area contributed by atoms with Crippen LogP contribution < -0.4 is 14.8 Å². The highest BCUT2D eigenvalue weighted by Crippen LogP contribution is 2.35. The summed E-state index contributed by atoms with van der Waals surface area (Å²) in [4.78, 5) is 11.1. The lowest BCUT2D eigenvalue weighted by Crippen LogP contribution is -2.36. The van der Waals surface area contributed by atoms with E-state index in [1.807, 2.05) is 12.1 Å². The van der Waals surface area contributed by atoms with Gasteiger partial charge in [-0.15, -0.1) is 0 Å². The van der Waals surface area contributed by atoms with Crippen LogP contribution in [0.5, 0.6) is 11.5 Å². The van der Waals surface area contributed by atoms with E-state index in [1.165, 1.54) is 12.4 Å². The molecule has 0 amide bonds. The molecule has 1 aromatic heterocycles. The lowest BCUT2D eigenvalue weighted by molar-refractivity contribution is -0.116. The number of ether oxygens (including phenoxy) is 4. The zero-order valence-electron chi connectivity index (χ0n) is 19.4. The van der Waals surface area contributed by atoms with E-state index in [4.69, 9.17) is 18.9 Å². The number of benzene rings is 2. The zero-order chi connectivity index (χ0) is 23.5. The Bertz CT molecular complexity index is 1150. The summed E-state index contributed by atoms with van der Waals surface area (Å²) in [6, 6.07) is 8.59. The minimum atomic E-state index is -0.244. The first-order chi connectivity index (χ1) is 16.6. The predicted octanol–water partition coefficient (Wildman–Crippen LogP) is 3.70. The van der Waals surface area contributed by atoms with Gasteiger partial charge in [-0.1, -0.05) is 0 Å². The number of fused-ring (bicyclic) bond motifs is 2. The van der Waals surface area contributed by atoms with Crippen LogP contribution in [0, 0.1) is 12.7 Å². The maximum atomic E-state index is 13.7. The van der Waals surface area contributed by atoms with Gasteiger partial charge in [0.1, 0.15) is 18.0 Å². The molecule has 3 heterocycles. The molecule has 1 N–H and O–H groups in total. The highest BCUT2D eigenvalue weighted by molar-refractivity contribution is 5.93. The molecule has 3 aromatic rings. The molecular formula is C25H29FN4O4. The van der Waals surface area contributed by atoms with Gasteiger partial charge < -0.3 is 24.3 Å². The van der Waals surface area contributed by atoms with E-state index in [0.29, 0.717) is 42.7 Å². The van der Waals surface area contributed by atoms with Gasteiger partial charge in [0.25, 0.3) is 0 Å². The smallest absolute Gasteiger partial charge is 0.162 e. The largest absolute Gasteiger partial charge is 0.493 e. The third-order valence-electron chi connectivity index (χ3n) is 6.26. The molecule has 180 valence electrons. The minimum Gasteiger partial charge on any atom is -0.493 e. The molecule has 0 unspecified atom stereocenters. The summed E-state index contributed by atoms with van der Waals surface area (Å²) in [5, 5.41) is 4.05. The molecule has 2 aliphatic rings. The van der Waals surface area contributed by atoms with Crippen molar-refractivity contribution < 1.29 is 23.3 Å². The molecule has 2 fully saturated rings. The molecule has 8 nitrogen and oxygen atoms in total. The van der Waals surface area contributed by atoms with E-state index in [1.54, 1.807) is 26.2 Å². The SMILES string of the molecule is COc1cc2ncnc(Nc3ccc(F)c(C)c3)c2cc1OCCCN1C[C@@H]2OCCO[C@@H]2C1. The molecule has 9 heteroatoms. The summed E-state index contributed by atoms with van der Waals surface area (Å²) in [6.45, 7) is 6.35. The number of halogens is 1. The summed E-state index contributed by atoms with van der Waals surface area (Å²) in [6.07, 6.45) is 2.73. The molecule has 2 aliphatic heterocycles. The lowest BCUT2D eigenvalue weighted by Gasteiger charge is -2.24. The second-order valence-electron chi connectivity index (χ2n) is 8.61. The second kappa shape index (κ2) is 10.1. The van der Waals surface area contributed by atoms with Crippen LogP contribution in [0.3, 0.4) is 0 Å². The molecule has 0 radical (unpaired) electrons. The Labute approximate surface area is 198 Å². The first kappa shape index (κ1) is 22.8. The van der Waals surface area contributed by atoms with Gasteiger partial charge in [-0.2, -0.15) is 0 Å². The molecule has 34 heavy (non-hydrogen) atoms. The van der Waals surface area contributed by atoms with Crippen LogP contribution in [0.25, 0.3) is 10.9 Å². The Kier molecular flexibility index (Phi) is 6.75. The highest BCUT2D eigenvalue weighted by Gasteiger charge is 2.36. The average Bonchev–Trinajstić information content (AvgIpc) is 3.27. The number of aromatic nitrogens is 2. The molecule has 5 rings (SSSR count). The topological polar surface area (TPSA) is 78.0 Å². The molecule has 0 spiro atoms. The average molecular weight is 469 g/mol. The van der Waals surface area contributed by atoms with Crippen LogP contribution >= 0.6 is 0 Å². The summed E-state index contributed by atoms with van der Waals surface area (Å²) in [7, 11) is 1.61. The third-order valence-corrected chi connectivity index (χ3v) is 6.26. The number of hydrogen-bond acceptors (Lipinski definition) is 8. The van der Waals surface area contributed by atoms with Crippen LogP contribution in [0.1, 0.15) is 12.0 Å². The standard InChI is InChI=1S/C25H29FN4O4/c1-16-10-17(4-5-19(16)26)29-25-18-11-22(21(31-2)12-20(18)27-15-28-25)32-7-3-6-30-13-23-24(14-30)34-9-8-33-23/h4-5,10-12,15,23-24H,3,6-9,13-14H2,1-2H3,(H,27,28,29)/t23-,24+. The van der Waals surface area contributed by atoms with E-state index >= 15 is 0 Å². The number of rotatable bonds is 8. The lowest BCUT2D eigenvalue weighted by atomic mass is 10.2. The van der Waals surface area contributed by atoms with Crippen LogP contribution in [-0.2, 0) is 9.47 Å². The molecular weight excluding hydrogens is 439 g/mol. The minimum absolute atomic E-state index is 0.186. The van der Waals surface area contributed by atoms with Gasteiger partial charge in [0.15, 0.2) is 11.5 Å². The number of nitrogens with one attached hydrogen (secondary N) is 1. The van der Waals surface area contributed by atoms with E-state index in [-0.39, 0.29) is 18.0 Å². The Hall–Kier alpha value is -3.01. The second-order valence-corrected chi connectivity index (χ2v) is 8.61. The van der Waals surface area contributed by atoms with Gasteiger partial charge >= 0.3 is 0 Å². The van der Waals surface area contributed by atoms with Gasteiger partial charge in [-0.25, -0.2) is 14.4 Å². The van der Waals surface area contributed by atoms with Crippen molar-refractivity contribution in [1.29, 1.82) is 0 Å². The molecule has 0 bridgehead atoms. The number of likely N-dealkylation sites (tertiary alicyclic amines) is 1. The number of anilines is 2. The quantitative estimate of drug-likeness (QED) is 0.502. The van der Waals surface area contributed by atoms with Crippen LogP contribution in [0.15, 0.2) is 36.7 Å². The van der Waals surface area contributed by atoms with Crippen LogP contribution in [0.4, 0.5) is 15.9 Å². The fourth-order valence-corrected chi connectivity index (χ4v) is 4.49. The van der Waals surface area contributed by atoms with Crippen molar-refractivity contribution in [1.82, 2.24) is 14.9 Å². The van der Waals surface area contributed by atoms with Crippen molar-refractivity contribution in [3.05, 3.63) is 48.0 Å². The normalized spacial score (nSPS) is 20.3. The van der Waals surface area contributed by atoms with Crippen molar-refractivity contribution in [2.24, 2.45) is 0 Å². The molecule has 0 aliphatic carbocycles. The van der Waals surface area contributed by atoms with E-state index in [9.17, 15) is 4.39 Å². The van der Waals surface area contributed by atoms with Crippen molar-refractivity contribution >= 4 is 22.4 Å². The summed E-state index contributed by atoms with van der Waals surface area (Å²) < 4.78 is 36.9. The highest BCUT2D eigenvalue weighted by atomic mass is 19.1. The number of hydrogen-bond donors (Lipinski definition) is 1. The van der Waals surface area contributed by atoms with E-state index in [2.05, 4.69) is 20.2 Å². The third kappa shape index (κ3) is 4.91. The summed E-state index contributed by atoms with van der Waals surface area (Å²) in [5.41, 5.74) is 2.03. The first-order valence-corrected chi connectivity index (χ1v) is 11.5.